The standard InChI is InChI=1S/C16H23NO3S/c1-19-10-13-15(12-7-8-20-16(12)13)17-14(18)6-2-4-11-5-3-9-21-11/h3,5,9,12-13,15-16H,2,4,6-8,10H2,1H3,(H,17,18)/t12-,13+,15-,16-/m0/s1. The molecule has 4 atom stereocenters. The predicted molar refractivity (Wildman–Crippen MR) is 82.4 cm³/mol. The van der Waals surface area contributed by atoms with Gasteiger partial charge in [0.25, 0.3) is 0 Å². The monoisotopic (exact) mass is 309 g/mol. The Kier molecular flexibility index (Phi) is 4.93. The van der Waals surface area contributed by atoms with Gasteiger partial charge in [0.2, 0.25) is 5.91 Å². The van der Waals surface area contributed by atoms with Gasteiger partial charge in [-0.2, -0.15) is 0 Å². The van der Waals surface area contributed by atoms with Crippen LogP contribution in [0.5, 0.6) is 0 Å². The van der Waals surface area contributed by atoms with Gasteiger partial charge in [-0.25, -0.2) is 0 Å². The molecule has 1 aliphatic carbocycles. The first-order valence-electron chi connectivity index (χ1n) is 7.72. The minimum atomic E-state index is 0.169. The first-order chi connectivity index (χ1) is 10.3. The predicted octanol–water partition coefficient (Wildman–Crippen LogP) is 2.24. The Morgan fingerprint density at radius 2 is 2.48 bits per heavy atom. The highest BCUT2D eigenvalue weighted by Gasteiger charge is 2.54. The number of ether oxygens (including phenoxy) is 2. The molecule has 1 aromatic heterocycles. The lowest BCUT2D eigenvalue weighted by atomic mass is 9.67. The van der Waals surface area contributed by atoms with Gasteiger partial charge in [0, 0.05) is 42.9 Å². The molecule has 21 heavy (non-hydrogen) atoms. The van der Waals surface area contributed by atoms with Crippen molar-refractivity contribution >= 4 is 17.2 Å². The molecule has 1 aliphatic heterocycles. The number of carbonyl (C=O) groups excluding carboxylic acids is 1. The van der Waals surface area contributed by atoms with Crippen molar-refractivity contribution in [2.24, 2.45) is 11.8 Å². The number of hydrogen-bond donors (Lipinski definition) is 1. The Hall–Kier alpha value is -0.910. The molecule has 116 valence electrons. The van der Waals surface area contributed by atoms with Gasteiger partial charge in [-0.1, -0.05) is 6.07 Å². The summed E-state index contributed by atoms with van der Waals surface area (Å²) in [4.78, 5) is 13.5. The molecule has 1 amide bonds. The van der Waals surface area contributed by atoms with Crippen molar-refractivity contribution in [3.63, 3.8) is 0 Å². The van der Waals surface area contributed by atoms with E-state index in [-0.39, 0.29) is 11.9 Å². The van der Waals surface area contributed by atoms with Crippen molar-refractivity contribution in [2.45, 2.75) is 37.8 Å². The van der Waals surface area contributed by atoms with Crippen molar-refractivity contribution in [3.05, 3.63) is 22.4 Å². The van der Waals surface area contributed by atoms with Crippen LogP contribution in [0.1, 0.15) is 24.1 Å². The van der Waals surface area contributed by atoms with E-state index in [1.54, 1.807) is 18.4 Å². The van der Waals surface area contributed by atoms with Crippen LogP contribution >= 0.6 is 11.3 Å². The highest BCUT2D eigenvalue weighted by Crippen LogP contribution is 2.43. The van der Waals surface area contributed by atoms with E-state index >= 15 is 0 Å². The highest BCUT2D eigenvalue weighted by molar-refractivity contribution is 7.09. The maximum absolute atomic E-state index is 12.1. The van der Waals surface area contributed by atoms with E-state index in [0.29, 0.717) is 31.0 Å². The topological polar surface area (TPSA) is 47.6 Å². The molecule has 3 rings (SSSR count). The largest absolute Gasteiger partial charge is 0.384 e. The summed E-state index contributed by atoms with van der Waals surface area (Å²) in [6.45, 7) is 1.49. The fourth-order valence-electron chi connectivity index (χ4n) is 3.57. The number of aryl methyl sites for hydroxylation is 1. The van der Waals surface area contributed by atoms with E-state index in [2.05, 4.69) is 22.8 Å². The Morgan fingerprint density at radius 3 is 3.24 bits per heavy atom. The molecular formula is C16H23NO3S. The summed E-state index contributed by atoms with van der Waals surface area (Å²) < 4.78 is 11.0. The van der Waals surface area contributed by atoms with E-state index in [4.69, 9.17) is 9.47 Å². The molecular weight excluding hydrogens is 286 g/mol. The Bertz CT molecular complexity index is 462. The van der Waals surface area contributed by atoms with Crippen molar-refractivity contribution in [1.29, 1.82) is 0 Å². The van der Waals surface area contributed by atoms with Crippen molar-refractivity contribution in [3.8, 4) is 0 Å². The van der Waals surface area contributed by atoms with Gasteiger partial charge >= 0.3 is 0 Å². The Morgan fingerprint density at radius 1 is 1.57 bits per heavy atom. The summed E-state index contributed by atoms with van der Waals surface area (Å²) >= 11 is 1.76. The molecule has 0 aromatic carbocycles. The van der Waals surface area contributed by atoms with Crippen LogP contribution in [0.4, 0.5) is 0 Å². The molecule has 2 aliphatic rings. The number of hydrogen-bond acceptors (Lipinski definition) is 4. The minimum absolute atomic E-state index is 0.169. The maximum Gasteiger partial charge on any atom is 0.220 e. The number of methoxy groups -OCH3 is 1. The number of rotatable bonds is 7. The average Bonchev–Trinajstić information content (AvgIpc) is 3.12. The summed E-state index contributed by atoms with van der Waals surface area (Å²) in [6, 6.07) is 4.43. The summed E-state index contributed by atoms with van der Waals surface area (Å²) in [5, 5.41) is 5.29. The van der Waals surface area contributed by atoms with Crippen LogP contribution in [-0.4, -0.2) is 38.4 Å². The zero-order chi connectivity index (χ0) is 14.7. The van der Waals surface area contributed by atoms with Crippen molar-refractivity contribution in [1.82, 2.24) is 5.32 Å². The van der Waals surface area contributed by atoms with Crippen LogP contribution in [0.15, 0.2) is 17.5 Å². The van der Waals surface area contributed by atoms with E-state index in [1.165, 1.54) is 4.88 Å². The second-order valence-electron chi connectivity index (χ2n) is 5.93. The normalized spacial score (nSPS) is 30.7. The van der Waals surface area contributed by atoms with Gasteiger partial charge in [0.05, 0.1) is 12.7 Å². The smallest absolute Gasteiger partial charge is 0.220 e. The lowest BCUT2D eigenvalue weighted by molar-refractivity contribution is -0.129. The Labute approximate surface area is 129 Å². The Balaban J connectivity index is 1.43. The number of thiophene rings is 1. The molecule has 1 N–H and O–H groups in total. The third-order valence-corrected chi connectivity index (χ3v) is 5.56. The van der Waals surface area contributed by atoms with Crippen LogP contribution in [-0.2, 0) is 20.7 Å². The van der Waals surface area contributed by atoms with Gasteiger partial charge in [-0.3, -0.25) is 4.79 Å². The SMILES string of the molecule is COC[C@@H]1[C@@H](NC(=O)CCCc2cccs2)[C@@H]2CCO[C@H]12. The first kappa shape index (κ1) is 15.0. The maximum atomic E-state index is 12.1. The highest BCUT2D eigenvalue weighted by atomic mass is 32.1. The summed E-state index contributed by atoms with van der Waals surface area (Å²) in [7, 11) is 1.71. The molecule has 1 saturated carbocycles. The quantitative estimate of drug-likeness (QED) is 0.840. The van der Waals surface area contributed by atoms with Gasteiger partial charge in [0.15, 0.2) is 0 Å². The second kappa shape index (κ2) is 6.90. The molecule has 1 aromatic rings. The molecule has 0 bridgehead atoms. The molecule has 2 heterocycles. The fourth-order valence-corrected chi connectivity index (χ4v) is 4.32. The lowest BCUT2D eigenvalue weighted by Gasteiger charge is -2.47. The number of fused-ring (bicyclic) bond motifs is 1. The van der Waals surface area contributed by atoms with Gasteiger partial charge in [0.1, 0.15) is 0 Å². The summed E-state index contributed by atoms with van der Waals surface area (Å²) in [5.74, 6) is 0.984. The van der Waals surface area contributed by atoms with Crippen LogP contribution in [0.2, 0.25) is 0 Å². The molecule has 0 radical (unpaired) electrons. The third kappa shape index (κ3) is 3.30. The van der Waals surface area contributed by atoms with Gasteiger partial charge in [-0.05, 0) is 30.7 Å². The van der Waals surface area contributed by atoms with Crippen LogP contribution in [0, 0.1) is 11.8 Å². The van der Waals surface area contributed by atoms with Crippen LogP contribution in [0.3, 0.4) is 0 Å². The van der Waals surface area contributed by atoms with Crippen molar-refractivity contribution in [2.75, 3.05) is 20.3 Å². The molecule has 0 spiro atoms. The molecule has 5 heteroatoms. The lowest BCUT2D eigenvalue weighted by Crippen LogP contribution is -2.62. The minimum Gasteiger partial charge on any atom is -0.384 e. The first-order valence-corrected chi connectivity index (χ1v) is 8.60. The van der Waals surface area contributed by atoms with Crippen LogP contribution in [0.25, 0.3) is 0 Å². The van der Waals surface area contributed by atoms with Gasteiger partial charge < -0.3 is 14.8 Å². The number of nitrogens with one attached hydrogen (secondary N) is 1. The molecule has 0 unspecified atom stereocenters. The van der Waals surface area contributed by atoms with Gasteiger partial charge in [-0.15, -0.1) is 11.3 Å². The zero-order valence-corrected chi connectivity index (χ0v) is 13.2. The van der Waals surface area contributed by atoms with Crippen LogP contribution < -0.4 is 5.32 Å². The molecule has 1 saturated heterocycles. The van der Waals surface area contributed by atoms with E-state index < -0.39 is 0 Å². The molecule has 2 fully saturated rings. The second-order valence-corrected chi connectivity index (χ2v) is 6.97. The average molecular weight is 309 g/mol. The van der Waals surface area contributed by atoms with E-state index in [9.17, 15) is 4.79 Å². The fraction of sp³-hybridized carbons (Fsp3) is 0.688. The number of carbonyl (C=O) groups is 1. The number of amides is 1. The van der Waals surface area contributed by atoms with E-state index in [0.717, 1.165) is 25.9 Å². The van der Waals surface area contributed by atoms with Crippen molar-refractivity contribution < 1.29 is 14.3 Å². The summed E-state index contributed by atoms with van der Waals surface area (Å²) in [5.41, 5.74) is 0. The zero-order valence-electron chi connectivity index (χ0n) is 12.4. The summed E-state index contributed by atoms with van der Waals surface area (Å²) in [6.07, 6.45) is 3.86. The van der Waals surface area contributed by atoms with E-state index in [1.807, 2.05) is 0 Å². The molecule has 4 nitrogen and oxygen atoms in total. The third-order valence-electron chi connectivity index (χ3n) is 4.62.